The van der Waals surface area contributed by atoms with Crippen LogP contribution in [0.25, 0.3) is 0 Å². The Bertz CT molecular complexity index is 284. The van der Waals surface area contributed by atoms with Gasteiger partial charge in [0, 0.05) is 6.04 Å². The van der Waals surface area contributed by atoms with Crippen LogP contribution in [0.3, 0.4) is 0 Å². The van der Waals surface area contributed by atoms with E-state index in [4.69, 9.17) is 11.5 Å². The Balaban J connectivity index is 2.78. The van der Waals surface area contributed by atoms with E-state index in [1.807, 2.05) is 13.8 Å². The highest BCUT2D eigenvalue weighted by atomic mass is 16.3. The predicted molar refractivity (Wildman–Crippen MR) is 56.4 cm³/mol. The van der Waals surface area contributed by atoms with Crippen molar-refractivity contribution in [3.05, 3.63) is 24.0 Å². The van der Waals surface area contributed by atoms with E-state index in [2.05, 4.69) is 4.98 Å². The highest BCUT2D eigenvalue weighted by Crippen LogP contribution is 2.18. The lowest BCUT2D eigenvalue weighted by Crippen LogP contribution is -2.33. The standard InChI is InChI=1S/C10H17N3O/c1-6(2)9(12)10(14)8-4-3-7(11)5-13-8/h3-6,9-10,14H,11-12H2,1-2H3/t9-,10+/m0/s1. The zero-order valence-electron chi connectivity index (χ0n) is 8.51. The molecule has 1 heterocycles. The average molecular weight is 195 g/mol. The van der Waals surface area contributed by atoms with Crippen molar-refractivity contribution in [2.45, 2.75) is 26.0 Å². The van der Waals surface area contributed by atoms with E-state index in [9.17, 15) is 5.11 Å². The third-order valence-corrected chi connectivity index (χ3v) is 2.25. The van der Waals surface area contributed by atoms with Crippen molar-refractivity contribution in [1.29, 1.82) is 0 Å². The Morgan fingerprint density at radius 1 is 1.36 bits per heavy atom. The lowest BCUT2D eigenvalue weighted by Gasteiger charge is -2.21. The minimum Gasteiger partial charge on any atom is -0.397 e. The number of aliphatic hydroxyl groups is 1. The smallest absolute Gasteiger partial charge is 0.111 e. The van der Waals surface area contributed by atoms with Gasteiger partial charge in [0.05, 0.1) is 17.6 Å². The Hall–Kier alpha value is -1.13. The zero-order chi connectivity index (χ0) is 10.7. The van der Waals surface area contributed by atoms with Gasteiger partial charge in [-0.2, -0.15) is 0 Å². The fourth-order valence-electron chi connectivity index (χ4n) is 1.15. The number of aliphatic hydroxyl groups excluding tert-OH is 1. The lowest BCUT2D eigenvalue weighted by molar-refractivity contribution is 0.121. The summed E-state index contributed by atoms with van der Waals surface area (Å²) in [5.74, 6) is 0.212. The maximum Gasteiger partial charge on any atom is 0.111 e. The van der Waals surface area contributed by atoms with Crippen molar-refractivity contribution >= 4 is 5.69 Å². The second-order valence-corrected chi connectivity index (χ2v) is 3.78. The molecule has 4 nitrogen and oxygen atoms in total. The minimum absolute atomic E-state index is 0.212. The van der Waals surface area contributed by atoms with E-state index in [0.29, 0.717) is 11.4 Å². The largest absolute Gasteiger partial charge is 0.397 e. The number of aromatic nitrogens is 1. The Morgan fingerprint density at radius 2 is 2.00 bits per heavy atom. The summed E-state index contributed by atoms with van der Waals surface area (Å²) in [5.41, 5.74) is 12.4. The maximum atomic E-state index is 9.82. The van der Waals surface area contributed by atoms with Crippen LogP contribution in [0.5, 0.6) is 0 Å². The van der Waals surface area contributed by atoms with Gasteiger partial charge in [-0.1, -0.05) is 13.8 Å². The molecule has 0 amide bonds. The number of anilines is 1. The SMILES string of the molecule is CC(C)[C@H](N)[C@H](O)c1ccc(N)cn1. The molecule has 0 bridgehead atoms. The molecule has 14 heavy (non-hydrogen) atoms. The summed E-state index contributed by atoms with van der Waals surface area (Å²) >= 11 is 0. The van der Waals surface area contributed by atoms with Crippen LogP contribution in [0, 0.1) is 5.92 Å². The summed E-state index contributed by atoms with van der Waals surface area (Å²) in [7, 11) is 0. The molecule has 0 saturated heterocycles. The molecule has 2 atom stereocenters. The van der Waals surface area contributed by atoms with Crippen molar-refractivity contribution in [2.75, 3.05) is 5.73 Å². The quantitative estimate of drug-likeness (QED) is 0.662. The van der Waals surface area contributed by atoms with Crippen LogP contribution in [0.15, 0.2) is 18.3 Å². The van der Waals surface area contributed by atoms with E-state index in [1.54, 1.807) is 12.1 Å². The lowest BCUT2D eigenvalue weighted by atomic mass is 9.97. The Kier molecular flexibility index (Phi) is 3.43. The van der Waals surface area contributed by atoms with Crippen LogP contribution >= 0.6 is 0 Å². The molecular weight excluding hydrogens is 178 g/mol. The molecule has 4 heteroatoms. The van der Waals surface area contributed by atoms with Crippen LogP contribution in [-0.2, 0) is 0 Å². The summed E-state index contributed by atoms with van der Waals surface area (Å²) in [4.78, 5) is 4.03. The summed E-state index contributed by atoms with van der Waals surface area (Å²) in [6, 6.07) is 3.10. The van der Waals surface area contributed by atoms with Crippen molar-refractivity contribution in [3.8, 4) is 0 Å². The molecule has 5 N–H and O–H groups in total. The number of nitrogen functional groups attached to an aromatic ring is 1. The van der Waals surface area contributed by atoms with Gasteiger partial charge in [-0.15, -0.1) is 0 Å². The second kappa shape index (κ2) is 4.39. The summed E-state index contributed by atoms with van der Waals surface area (Å²) in [6.07, 6.45) is 0.793. The molecular formula is C10H17N3O. The summed E-state index contributed by atoms with van der Waals surface area (Å²) in [5, 5.41) is 9.82. The van der Waals surface area contributed by atoms with Crippen molar-refractivity contribution < 1.29 is 5.11 Å². The molecule has 1 aromatic heterocycles. The number of hydrogen-bond acceptors (Lipinski definition) is 4. The van der Waals surface area contributed by atoms with Crippen LogP contribution in [0.1, 0.15) is 25.6 Å². The van der Waals surface area contributed by atoms with E-state index in [0.717, 1.165) is 0 Å². The second-order valence-electron chi connectivity index (χ2n) is 3.78. The Morgan fingerprint density at radius 3 is 2.43 bits per heavy atom. The first kappa shape index (κ1) is 10.9. The first-order chi connectivity index (χ1) is 6.52. The molecule has 0 aromatic carbocycles. The molecule has 0 aliphatic carbocycles. The Labute approximate surface area is 83.9 Å². The van der Waals surface area contributed by atoms with E-state index in [1.165, 1.54) is 6.20 Å². The topological polar surface area (TPSA) is 85.2 Å². The van der Waals surface area contributed by atoms with E-state index in [-0.39, 0.29) is 12.0 Å². The minimum atomic E-state index is -0.726. The van der Waals surface area contributed by atoms with Gasteiger partial charge >= 0.3 is 0 Å². The molecule has 1 rings (SSSR count). The summed E-state index contributed by atoms with van der Waals surface area (Å²) < 4.78 is 0. The van der Waals surface area contributed by atoms with Gasteiger partial charge in [0.25, 0.3) is 0 Å². The van der Waals surface area contributed by atoms with Crippen LogP contribution < -0.4 is 11.5 Å². The average Bonchev–Trinajstić information content (AvgIpc) is 2.16. The molecule has 1 aromatic rings. The van der Waals surface area contributed by atoms with Crippen molar-refractivity contribution in [2.24, 2.45) is 11.7 Å². The number of nitrogens with two attached hydrogens (primary N) is 2. The maximum absolute atomic E-state index is 9.82. The molecule has 0 spiro atoms. The normalized spacial score (nSPS) is 15.5. The number of pyridine rings is 1. The molecule has 0 fully saturated rings. The predicted octanol–water partition coefficient (Wildman–Crippen LogP) is 0.680. The van der Waals surface area contributed by atoms with Gasteiger partial charge in [-0.25, -0.2) is 0 Å². The van der Waals surface area contributed by atoms with E-state index >= 15 is 0 Å². The molecule has 0 aliphatic rings. The first-order valence-corrected chi connectivity index (χ1v) is 4.67. The third kappa shape index (κ3) is 2.43. The van der Waals surface area contributed by atoms with Crippen LogP contribution in [-0.4, -0.2) is 16.1 Å². The van der Waals surface area contributed by atoms with Gasteiger partial charge in [-0.05, 0) is 18.1 Å². The highest BCUT2D eigenvalue weighted by Gasteiger charge is 2.20. The number of hydrogen-bond donors (Lipinski definition) is 3. The first-order valence-electron chi connectivity index (χ1n) is 4.67. The monoisotopic (exact) mass is 195 g/mol. The summed E-state index contributed by atoms with van der Waals surface area (Å²) in [6.45, 7) is 3.93. The third-order valence-electron chi connectivity index (χ3n) is 2.25. The van der Waals surface area contributed by atoms with Crippen molar-refractivity contribution in [1.82, 2.24) is 4.98 Å². The van der Waals surface area contributed by atoms with E-state index < -0.39 is 6.10 Å². The van der Waals surface area contributed by atoms with Crippen molar-refractivity contribution in [3.63, 3.8) is 0 Å². The zero-order valence-corrected chi connectivity index (χ0v) is 8.51. The molecule has 0 saturated carbocycles. The van der Waals surface area contributed by atoms with Gasteiger partial charge < -0.3 is 16.6 Å². The van der Waals surface area contributed by atoms with Gasteiger partial charge in [0.2, 0.25) is 0 Å². The fraction of sp³-hybridized carbons (Fsp3) is 0.500. The molecule has 0 radical (unpaired) electrons. The van der Waals surface area contributed by atoms with Gasteiger partial charge in [-0.3, -0.25) is 4.98 Å². The van der Waals surface area contributed by atoms with Gasteiger partial charge in [0.15, 0.2) is 0 Å². The molecule has 0 unspecified atom stereocenters. The van der Waals surface area contributed by atoms with Gasteiger partial charge in [0.1, 0.15) is 6.10 Å². The highest BCUT2D eigenvalue weighted by molar-refractivity contribution is 5.35. The number of rotatable bonds is 3. The molecule has 0 aliphatic heterocycles. The van der Waals surface area contributed by atoms with Crippen LogP contribution in [0.2, 0.25) is 0 Å². The molecule has 78 valence electrons. The fourth-order valence-corrected chi connectivity index (χ4v) is 1.15. The number of nitrogens with zero attached hydrogens (tertiary/aromatic N) is 1. The van der Waals surface area contributed by atoms with Crippen LogP contribution in [0.4, 0.5) is 5.69 Å².